The Hall–Kier alpha value is -1.72. The van der Waals surface area contributed by atoms with Gasteiger partial charge in [-0.3, -0.25) is 4.79 Å². The van der Waals surface area contributed by atoms with Crippen LogP contribution in [0.25, 0.3) is 0 Å². The lowest BCUT2D eigenvalue weighted by atomic mass is 10.1. The minimum atomic E-state index is -0.704. The van der Waals surface area contributed by atoms with Crippen LogP contribution in [0, 0.1) is 5.82 Å². The lowest BCUT2D eigenvalue weighted by Gasteiger charge is -2.11. The summed E-state index contributed by atoms with van der Waals surface area (Å²) in [6, 6.07) is 9.26. The number of benzene rings is 1. The number of rotatable bonds is 5. The van der Waals surface area contributed by atoms with E-state index in [0.717, 1.165) is 0 Å². The van der Waals surface area contributed by atoms with E-state index in [9.17, 15) is 14.3 Å². The van der Waals surface area contributed by atoms with Crippen LogP contribution in [0.5, 0.6) is 0 Å². The van der Waals surface area contributed by atoms with E-state index in [4.69, 9.17) is 0 Å². The van der Waals surface area contributed by atoms with Crippen molar-refractivity contribution in [3.8, 4) is 0 Å². The fourth-order valence-corrected chi connectivity index (χ4v) is 2.31. The second-order valence-corrected chi connectivity index (χ2v) is 5.04. The predicted octanol–water partition coefficient (Wildman–Crippen LogP) is 2.74. The fraction of sp³-hybridized carbons (Fsp3) is 0.214. The maximum absolute atomic E-state index is 12.7. The Morgan fingerprint density at radius 3 is 2.68 bits per heavy atom. The van der Waals surface area contributed by atoms with Gasteiger partial charge in [-0.15, -0.1) is 11.3 Å². The second kappa shape index (κ2) is 6.45. The summed E-state index contributed by atoms with van der Waals surface area (Å²) in [4.78, 5) is 12.3. The van der Waals surface area contributed by atoms with Crippen LogP contribution in [0.2, 0.25) is 0 Å². The Balaban J connectivity index is 1.79. The summed E-state index contributed by atoms with van der Waals surface area (Å²) in [5.41, 5.74) is 0.645. The molecule has 0 aliphatic carbocycles. The third kappa shape index (κ3) is 3.87. The summed E-state index contributed by atoms with van der Waals surface area (Å²) in [5, 5.41) is 14.5. The lowest BCUT2D eigenvalue weighted by molar-refractivity contribution is 0.0946. The first-order valence-electron chi connectivity index (χ1n) is 5.92. The molecule has 1 aromatic heterocycles. The van der Waals surface area contributed by atoms with E-state index in [1.807, 2.05) is 11.4 Å². The molecule has 2 aromatic rings. The van der Waals surface area contributed by atoms with Crippen LogP contribution in [0.1, 0.15) is 27.8 Å². The Labute approximate surface area is 114 Å². The van der Waals surface area contributed by atoms with E-state index in [0.29, 0.717) is 23.4 Å². The molecule has 0 aliphatic heterocycles. The van der Waals surface area contributed by atoms with Crippen molar-refractivity contribution >= 4 is 17.2 Å². The molecule has 1 heterocycles. The Morgan fingerprint density at radius 1 is 1.32 bits per heavy atom. The number of hydrogen-bond acceptors (Lipinski definition) is 3. The number of amides is 1. The molecule has 2 rings (SSSR count). The molecule has 1 unspecified atom stereocenters. The SMILES string of the molecule is O=C(NCCC(O)c1ccc(F)cc1)c1cccs1. The molecule has 0 spiro atoms. The smallest absolute Gasteiger partial charge is 0.261 e. The van der Waals surface area contributed by atoms with Crippen molar-refractivity contribution in [2.24, 2.45) is 0 Å². The average molecular weight is 279 g/mol. The number of aliphatic hydroxyl groups is 1. The zero-order valence-electron chi connectivity index (χ0n) is 10.2. The molecular formula is C14H14FNO2S. The van der Waals surface area contributed by atoms with Crippen molar-refractivity contribution < 1.29 is 14.3 Å². The van der Waals surface area contributed by atoms with Gasteiger partial charge in [-0.1, -0.05) is 18.2 Å². The molecule has 1 amide bonds. The maximum atomic E-state index is 12.7. The number of hydrogen-bond donors (Lipinski definition) is 2. The number of thiophene rings is 1. The Kier molecular flexibility index (Phi) is 4.65. The van der Waals surface area contributed by atoms with Gasteiger partial charge in [0.15, 0.2) is 0 Å². The number of carbonyl (C=O) groups is 1. The summed E-state index contributed by atoms with van der Waals surface area (Å²) in [6.07, 6.45) is -0.313. The standard InChI is InChI=1S/C14H14FNO2S/c15-11-5-3-10(4-6-11)12(17)7-8-16-14(18)13-2-1-9-19-13/h1-6,9,12,17H,7-8H2,(H,16,18). The number of aliphatic hydroxyl groups excluding tert-OH is 1. The molecule has 0 saturated heterocycles. The van der Waals surface area contributed by atoms with Gasteiger partial charge >= 0.3 is 0 Å². The first kappa shape index (κ1) is 13.7. The Bertz CT molecular complexity index is 525. The molecule has 0 radical (unpaired) electrons. The first-order valence-corrected chi connectivity index (χ1v) is 6.80. The molecule has 0 fully saturated rings. The van der Waals surface area contributed by atoms with Crippen molar-refractivity contribution in [2.45, 2.75) is 12.5 Å². The molecule has 19 heavy (non-hydrogen) atoms. The number of carbonyl (C=O) groups excluding carboxylic acids is 1. The summed E-state index contributed by atoms with van der Waals surface area (Å²) in [7, 11) is 0. The van der Waals surface area contributed by atoms with Crippen molar-refractivity contribution in [3.05, 3.63) is 58.0 Å². The Morgan fingerprint density at radius 2 is 2.05 bits per heavy atom. The zero-order valence-corrected chi connectivity index (χ0v) is 11.0. The normalized spacial score (nSPS) is 12.1. The molecule has 0 aliphatic rings. The minimum absolute atomic E-state index is 0.138. The van der Waals surface area contributed by atoms with Crippen molar-refractivity contribution in [3.63, 3.8) is 0 Å². The summed E-state index contributed by atoms with van der Waals surface area (Å²) < 4.78 is 12.7. The highest BCUT2D eigenvalue weighted by molar-refractivity contribution is 7.12. The zero-order chi connectivity index (χ0) is 13.7. The monoisotopic (exact) mass is 279 g/mol. The van der Waals surface area contributed by atoms with Crippen LogP contribution < -0.4 is 5.32 Å². The molecule has 1 atom stereocenters. The number of halogens is 1. The highest BCUT2D eigenvalue weighted by atomic mass is 32.1. The topological polar surface area (TPSA) is 49.3 Å². The van der Waals surface area contributed by atoms with Gasteiger partial charge in [0.25, 0.3) is 5.91 Å². The van der Waals surface area contributed by atoms with E-state index >= 15 is 0 Å². The van der Waals surface area contributed by atoms with E-state index in [-0.39, 0.29) is 11.7 Å². The van der Waals surface area contributed by atoms with Gasteiger partial charge in [0.1, 0.15) is 5.82 Å². The molecular weight excluding hydrogens is 265 g/mol. The van der Waals surface area contributed by atoms with Gasteiger partial charge in [-0.05, 0) is 35.6 Å². The van der Waals surface area contributed by atoms with Gasteiger partial charge in [0, 0.05) is 6.54 Å². The molecule has 2 N–H and O–H groups in total. The largest absolute Gasteiger partial charge is 0.388 e. The molecule has 0 bridgehead atoms. The van der Waals surface area contributed by atoms with Crippen LogP contribution in [0.4, 0.5) is 4.39 Å². The van der Waals surface area contributed by atoms with Crippen LogP contribution in [-0.4, -0.2) is 17.6 Å². The van der Waals surface area contributed by atoms with Crippen LogP contribution >= 0.6 is 11.3 Å². The molecule has 3 nitrogen and oxygen atoms in total. The highest BCUT2D eigenvalue weighted by Crippen LogP contribution is 2.16. The average Bonchev–Trinajstić information content (AvgIpc) is 2.93. The fourth-order valence-electron chi connectivity index (χ4n) is 1.67. The molecule has 0 saturated carbocycles. The summed E-state index contributed by atoms with van der Waals surface area (Å²) in [5.74, 6) is -0.469. The maximum Gasteiger partial charge on any atom is 0.261 e. The third-order valence-corrected chi connectivity index (χ3v) is 3.57. The molecule has 5 heteroatoms. The summed E-state index contributed by atoms with van der Waals surface area (Å²) >= 11 is 1.37. The number of nitrogens with one attached hydrogen (secondary N) is 1. The van der Waals surface area contributed by atoms with Gasteiger partial charge in [0.05, 0.1) is 11.0 Å². The molecule has 1 aromatic carbocycles. The van der Waals surface area contributed by atoms with Crippen molar-refractivity contribution in [1.29, 1.82) is 0 Å². The van der Waals surface area contributed by atoms with Crippen LogP contribution in [-0.2, 0) is 0 Å². The van der Waals surface area contributed by atoms with Crippen LogP contribution in [0.3, 0.4) is 0 Å². The predicted molar refractivity (Wildman–Crippen MR) is 72.6 cm³/mol. The summed E-state index contributed by atoms with van der Waals surface area (Å²) in [6.45, 7) is 0.370. The lowest BCUT2D eigenvalue weighted by Crippen LogP contribution is -2.24. The van der Waals surface area contributed by atoms with E-state index in [2.05, 4.69) is 5.32 Å². The van der Waals surface area contributed by atoms with E-state index < -0.39 is 6.10 Å². The first-order chi connectivity index (χ1) is 9.16. The van der Waals surface area contributed by atoms with Crippen molar-refractivity contribution in [2.75, 3.05) is 6.54 Å². The second-order valence-electron chi connectivity index (χ2n) is 4.09. The molecule has 100 valence electrons. The van der Waals surface area contributed by atoms with Gasteiger partial charge in [-0.2, -0.15) is 0 Å². The van der Waals surface area contributed by atoms with Gasteiger partial charge in [0.2, 0.25) is 0 Å². The van der Waals surface area contributed by atoms with Gasteiger partial charge < -0.3 is 10.4 Å². The quantitative estimate of drug-likeness (QED) is 0.884. The van der Waals surface area contributed by atoms with E-state index in [1.54, 1.807) is 18.2 Å². The van der Waals surface area contributed by atoms with Gasteiger partial charge in [-0.25, -0.2) is 4.39 Å². The van der Waals surface area contributed by atoms with Crippen molar-refractivity contribution in [1.82, 2.24) is 5.32 Å². The minimum Gasteiger partial charge on any atom is -0.388 e. The highest BCUT2D eigenvalue weighted by Gasteiger charge is 2.09. The van der Waals surface area contributed by atoms with E-state index in [1.165, 1.54) is 23.5 Å². The van der Waals surface area contributed by atoms with Crippen LogP contribution in [0.15, 0.2) is 41.8 Å². The third-order valence-electron chi connectivity index (χ3n) is 2.70.